The van der Waals surface area contributed by atoms with Crippen molar-refractivity contribution in [3.8, 4) is 0 Å². The Labute approximate surface area is 107 Å². The van der Waals surface area contributed by atoms with Crippen LogP contribution >= 0.6 is 15.9 Å². The number of rotatable bonds is 2. The van der Waals surface area contributed by atoms with Crippen LogP contribution < -0.4 is 11.1 Å². The molecule has 0 saturated carbocycles. The molecule has 3 N–H and O–H groups in total. The van der Waals surface area contributed by atoms with Gasteiger partial charge in [0.1, 0.15) is 4.60 Å². The van der Waals surface area contributed by atoms with Crippen molar-refractivity contribution in [1.29, 1.82) is 0 Å². The minimum absolute atomic E-state index is 0.253. The Bertz CT molecular complexity index is 557. The average Bonchev–Trinajstić information content (AvgIpc) is 2.32. The fourth-order valence-electron chi connectivity index (χ4n) is 1.37. The predicted octanol–water partition coefficient (Wildman–Crippen LogP) is 2.68. The van der Waals surface area contributed by atoms with Crippen LogP contribution in [0.15, 0.2) is 47.2 Å². The molecule has 2 rings (SSSR count). The number of nitrogens with one attached hydrogen (secondary N) is 1. The number of hydrogen-bond acceptors (Lipinski definition) is 3. The highest BCUT2D eigenvalue weighted by Crippen LogP contribution is 2.20. The number of amides is 1. The second kappa shape index (κ2) is 4.97. The summed E-state index contributed by atoms with van der Waals surface area (Å²) in [6.07, 6.45) is 1.64. The summed E-state index contributed by atoms with van der Waals surface area (Å²) in [5, 5.41) is 2.74. The normalized spacial score (nSPS) is 9.94. The molecule has 0 bridgehead atoms. The summed E-state index contributed by atoms with van der Waals surface area (Å²) in [4.78, 5) is 16.0. The fourth-order valence-corrected chi connectivity index (χ4v) is 1.72. The highest BCUT2D eigenvalue weighted by molar-refractivity contribution is 9.10. The Kier molecular flexibility index (Phi) is 3.39. The number of carbonyl (C=O) groups excluding carboxylic acids is 1. The highest BCUT2D eigenvalue weighted by Gasteiger charge is 2.10. The molecule has 1 aromatic carbocycles. The second-order valence-electron chi connectivity index (χ2n) is 3.38. The second-order valence-corrected chi connectivity index (χ2v) is 4.13. The van der Waals surface area contributed by atoms with E-state index in [2.05, 4.69) is 26.2 Å². The zero-order chi connectivity index (χ0) is 12.3. The van der Waals surface area contributed by atoms with Crippen LogP contribution in [0.1, 0.15) is 10.4 Å². The molecule has 0 fully saturated rings. The van der Waals surface area contributed by atoms with Crippen LogP contribution in [0.3, 0.4) is 0 Å². The zero-order valence-electron chi connectivity index (χ0n) is 8.85. The van der Waals surface area contributed by atoms with E-state index >= 15 is 0 Å². The third kappa shape index (κ3) is 2.62. The van der Waals surface area contributed by atoms with Crippen molar-refractivity contribution in [2.24, 2.45) is 0 Å². The Hall–Kier alpha value is -1.88. The van der Waals surface area contributed by atoms with Crippen molar-refractivity contribution in [2.75, 3.05) is 11.1 Å². The van der Waals surface area contributed by atoms with Crippen LogP contribution in [0.2, 0.25) is 0 Å². The summed E-state index contributed by atoms with van der Waals surface area (Å²) in [6, 6.07) is 10.4. The maximum absolute atomic E-state index is 11.9. The van der Waals surface area contributed by atoms with E-state index in [4.69, 9.17) is 5.73 Å². The van der Waals surface area contributed by atoms with Crippen LogP contribution in [0.4, 0.5) is 11.4 Å². The van der Waals surface area contributed by atoms with Crippen molar-refractivity contribution in [3.63, 3.8) is 0 Å². The van der Waals surface area contributed by atoms with Gasteiger partial charge in [-0.25, -0.2) is 4.98 Å². The molecule has 0 aliphatic carbocycles. The maximum Gasteiger partial charge on any atom is 0.257 e. The molecule has 0 aliphatic rings. The van der Waals surface area contributed by atoms with Gasteiger partial charge in [0.05, 0.1) is 11.3 Å². The van der Waals surface area contributed by atoms with Gasteiger partial charge in [-0.15, -0.1) is 0 Å². The Morgan fingerprint density at radius 3 is 2.71 bits per heavy atom. The Morgan fingerprint density at radius 1 is 1.24 bits per heavy atom. The van der Waals surface area contributed by atoms with Gasteiger partial charge in [0.2, 0.25) is 0 Å². The number of nitrogens with zero attached hydrogens (tertiary/aromatic N) is 1. The van der Waals surface area contributed by atoms with E-state index in [0.717, 1.165) is 0 Å². The number of aromatic nitrogens is 1. The number of carbonyl (C=O) groups is 1. The molecular weight excluding hydrogens is 282 g/mol. The predicted molar refractivity (Wildman–Crippen MR) is 70.7 cm³/mol. The SMILES string of the molecule is Nc1ccccc1C(=O)Nc1cccnc1Br. The van der Waals surface area contributed by atoms with Gasteiger partial charge >= 0.3 is 0 Å². The molecule has 0 saturated heterocycles. The summed E-state index contributed by atoms with van der Waals surface area (Å²) >= 11 is 3.26. The number of benzene rings is 1. The van der Waals surface area contributed by atoms with E-state index in [-0.39, 0.29) is 5.91 Å². The molecule has 0 spiro atoms. The van der Waals surface area contributed by atoms with Crippen molar-refractivity contribution >= 4 is 33.2 Å². The van der Waals surface area contributed by atoms with Gasteiger partial charge in [0, 0.05) is 11.9 Å². The van der Waals surface area contributed by atoms with E-state index < -0.39 is 0 Å². The molecule has 1 amide bonds. The molecule has 0 atom stereocenters. The van der Waals surface area contributed by atoms with Crippen LogP contribution in [-0.2, 0) is 0 Å². The molecule has 4 nitrogen and oxygen atoms in total. The first kappa shape index (κ1) is 11.6. The van der Waals surface area contributed by atoms with Gasteiger partial charge in [-0.2, -0.15) is 0 Å². The number of halogens is 1. The molecule has 0 radical (unpaired) electrons. The van der Waals surface area contributed by atoms with E-state index in [9.17, 15) is 4.79 Å². The van der Waals surface area contributed by atoms with E-state index in [1.807, 2.05) is 0 Å². The smallest absolute Gasteiger partial charge is 0.257 e. The van der Waals surface area contributed by atoms with Crippen molar-refractivity contribution < 1.29 is 4.79 Å². The first-order valence-corrected chi connectivity index (χ1v) is 5.74. The van der Waals surface area contributed by atoms with Gasteiger partial charge in [-0.1, -0.05) is 12.1 Å². The minimum Gasteiger partial charge on any atom is -0.398 e. The molecule has 0 aliphatic heterocycles. The number of pyridine rings is 1. The molecule has 1 aromatic heterocycles. The van der Waals surface area contributed by atoms with E-state index in [0.29, 0.717) is 21.5 Å². The third-order valence-electron chi connectivity index (χ3n) is 2.21. The van der Waals surface area contributed by atoms with Gasteiger partial charge in [-0.05, 0) is 40.2 Å². The van der Waals surface area contributed by atoms with Gasteiger partial charge < -0.3 is 11.1 Å². The summed E-state index contributed by atoms with van der Waals surface area (Å²) in [5.41, 5.74) is 7.23. The van der Waals surface area contributed by atoms with E-state index in [1.165, 1.54) is 0 Å². The molecule has 5 heteroatoms. The molecule has 1 heterocycles. The topological polar surface area (TPSA) is 68.0 Å². The quantitative estimate of drug-likeness (QED) is 0.660. The number of nitrogen functional groups attached to an aromatic ring is 1. The first-order valence-electron chi connectivity index (χ1n) is 4.95. The molecule has 2 aromatic rings. The van der Waals surface area contributed by atoms with Crippen LogP contribution in [0.25, 0.3) is 0 Å². The zero-order valence-corrected chi connectivity index (χ0v) is 10.4. The van der Waals surface area contributed by atoms with Crippen molar-refractivity contribution in [2.45, 2.75) is 0 Å². The fraction of sp³-hybridized carbons (Fsp3) is 0. The number of nitrogens with two attached hydrogens (primary N) is 1. The third-order valence-corrected chi connectivity index (χ3v) is 2.84. The van der Waals surface area contributed by atoms with Crippen LogP contribution in [0, 0.1) is 0 Å². The molecule has 17 heavy (non-hydrogen) atoms. The van der Waals surface area contributed by atoms with Crippen LogP contribution in [0.5, 0.6) is 0 Å². The number of para-hydroxylation sites is 1. The van der Waals surface area contributed by atoms with E-state index in [1.54, 1.807) is 42.6 Å². The summed E-state index contributed by atoms with van der Waals surface area (Å²) in [6.45, 7) is 0. The minimum atomic E-state index is -0.253. The Balaban J connectivity index is 2.24. The first-order chi connectivity index (χ1) is 8.18. The average molecular weight is 292 g/mol. The standard InChI is InChI=1S/C12H10BrN3O/c13-11-10(6-3-7-15-11)16-12(17)8-4-1-2-5-9(8)14/h1-7H,14H2,(H,16,17). The highest BCUT2D eigenvalue weighted by atomic mass is 79.9. The lowest BCUT2D eigenvalue weighted by Gasteiger charge is -2.08. The van der Waals surface area contributed by atoms with Gasteiger partial charge in [-0.3, -0.25) is 4.79 Å². The largest absolute Gasteiger partial charge is 0.398 e. The van der Waals surface area contributed by atoms with Gasteiger partial charge in [0.15, 0.2) is 0 Å². The molecule has 86 valence electrons. The van der Waals surface area contributed by atoms with Crippen LogP contribution in [-0.4, -0.2) is 10.9 Å². The summed E-state index contributed by atoms with van der Waals surface area (Å²) in [7, 11) is 0. The monoisotopic (exact) mass is 291 g/mol. The summed E-state index contributed by atoms with van der Waals surface area (Å²) < 4.78 is 0.586. The lowest BCUT2D eigenvalue weighted by molar-refractivity contribution is 0.102. The van der Waals surface area contributed by atoms with Crippen molar-refractivity contribution in [1.82, 2.24) is 4.98 Å². The van der Waals surface area contributed by atoms with Crippen molar-refractivity contribution in [3.05, 3.63) is 52.8 Å². The molecule has 0 unspecified atom stereocenters. The number of anilines is 2. The number of hydrogen-bond donors (Lipinski definition) is 2. The Morgan fingerprint density at radius 2 is 2.00 bits per heavy atom. The lowest BCUT2D eigenvalue weighted by Crippen LogP contribution is -2.14. The molecular formula is C12H10BrN3O. The summed E-state index contributed by atoms with van der Waals surface area (Å²) in [5.74, 6) is -0.253. The lowest BCUT2D eigenvalue weighted by atomic mass is 10.1. The maximum atomic E-state index is 11.9. The van der Waals surface area contributed by atoms with Gasteiger partial charge in [0.25, 0.3) is 5.91 Å².